The Kier molecular flexibility index (Phi) is 2.56. The summed E-state index contributed by atoms with van der Waals surface area (Å²) in [6, 6.07) is 0.410. The second-order valence-electron chi connectivity index (χ2n) is 3.67. The molecule has 5 nitrogen and oxygen atoms in total. The van der Waals surface area contributed by atoms with Gasteiger partial charge in [-0.25, -0.2) is 5.10 Å². The Morgan fingerprint density at radius 3 is 2.86 bits per heavy atom. The maximum Gasteiger partial charge on any atom is 0.220 e. The van der Waals surface area contributed by atoms with Gasteiger partial charge in [0.25, 0.3) is 0 Å². The van der Waals surface area contributed by atoms with Crippen LogP contribution in [0.2, 0.25) is 0 Å². The van der Waals surface area contributed by atoms with Crippen LogP contribution in [0.25, 0.3) is 0 Å². The highest BCUT2D eigenvalue weighted by Crippen LogP contribution is 2.23. The molecule has 0 bridgehead atoms. The van der Waals surface area contributed by atoms with E-state index < -0.39 is 0 Å². The van der Waals surface area contributed by atoms with Gasteiger partial charge in [-0.15, -0.1) is 5.10 Å². The first-order valence-corrected chi connectivity index (χ1v) is 5.28. The van der Waals surface area contributed by atoms with Crippen LogP contribution in [0.4, 0.5) is 5.95 Å². The van der Waals surface area contributed by atoms with Crippen molar-refractivity contribution in [1.82, 2.24) is 19.7 Å². The van der Waals surface area contributed by atoms with Crippen molar-refractivity contribution in [3.8, 4) is 0 Å². The van der Waals surface area contributed by atoms with E-state index in [9.17, 15) is 0 Å². The van der Waals surface area contributed by atoms with Crippen LogP contribution in [-0.4, -0.2) is 39.3 Å². The van der Waals surface area contributed by atoms with E-state index in [0.29, 0.717) is 16.8 Å². The molecule has 6 heteroatoms. The predicted octanol–water partition coefficient (Wildman–Crippen LogP) is 0.790. The molecule has 14 heavy (non-hydrogen) atoms. The maximum absolute atomic E-state index is 5.71. The van der Waals surface area contributed by atoms with Gasteiger partial charge in [-0.1, -0.05) is 6.92 Å². The van der Waals surface area contributed by atoms with Crippen molar-refractivity contribution >= 4 is 18.2 Å². The molecule has 0 aliphatic carbocycles. The van der Waals surface area contributed by atoms with Gasteiger partial charge in [-0.2, -0.15) is 0 Å². The lowest BCUT2D eigenvalue weighted by molar-refractivity contribution is 0.107. The molecule has 1 aromatic heterocycles. The van der Waals surface area contributed by atoms with E-state index in [4.69, 9.17) is 18.0 Å². The Hall–Kier alpha value is -0.880. The van der Waals surface area contributed by atoms with Crippen LogP contribution in [0.5, 0.6) is 0 Å². The highest BCUT2D eigenvalue weighted by atomic mass is 32.1. The summed E-state index contributed by atoms with van der Waals surface area (Å²) < 4.78 is 2.53. The minimum atomic E-state index is 0.410. The van der Waals surface area contributed by atoms with E-state index in [1.165, 1.54) is 6.42 Å². The van der Waals surface area contributed by atoms with Crippen molar-refractivity contribution in [2.75, 3.05) is 25.4 Å². The Morgan fingerprint density at radius 1 is 1.64 bits per heavy atom. The number of rotatable bonds is 3. The Bertz CT molecular complexity index is 362. The van der Waals surface area contributed by atoms with E-state index in [1.807, 2.05) is 4.57 Å². The lowest BCUT2D eigenvalue weighted by Crippen LogP contribution is -2.48. The summed E-state index contributed by atoms with van der Waals surface area (Å²) in [5, 5.41) is 6.60. The second kappa shape index (κ2) is 3.70. The number of nitrogens with one attached hydrogen (secondary N) is 1. The molecular weight excluding hydrogens is 198 g/mol. The molecule has 0 atom stereocenters. The number of nitrogens with two attached hydrogens (primary N) is 1. The number of hydrogen-bond acceptors (Lipinski definition) is 4. The Balaban J connectivity index is 2.03. The molecule has 78 valence electrons. The Labute approximate surface area is 87.9 Å². The van der Waals surface area contributed by atoms with Gasteiger partial charge in [-0.05, 0) is 25.2 Å². The smallest absolute Gasteiger partial charge is 0.220 e. The molecule has 1 aliphatic heterocycles. The molecule has 2 rings (SSSR count). The molecule has 0 spiro atoms. The zero-order valence-corrected chi connectivity index (χ0v) is 9.05. The molecule has 0 amide bonds. The van der Waals surface area contributed by atoms with Gasteiger partial charge in [0.05, 0.1) is 6.04 Å². The van der Waals surface area contributed by atoms with Crippen LogP contribution in [0.3, 0.4) is 0 Å². The van der Waals surface area contributed by atoms with Crippen molar-refractivity contribution in [2.24, 2.45) is 0 Å². The summed E-state index contributed by atoms with van der Waals surface area (Å²) in [6.45, 7) is 5.41. The lowest BCUT2D eigenvalue weighted by Gasteiger charge is -2.39. The summed E-state index contributed by atoms with van der Waals surface area (Å²) in [6.07, 6.45) is 1.19. The molecule has 0 saturated carbocycles. The lowest BCUT2D eigenvalue weighted by atomic mass is 10.1. The van der Waals surface area contributed by atoms with Crippen molar-refractivity contribution in [3.05, 3.63) is 4.77 Å². The number of likely N-dealkylation sites (tertiary alicyclic amines) is 1. The predicted molar refractivity (Wildman–Crippen MR) is 57.6 cm³/mol. The molecule has 3 N–H and O–H groups in total. The van der Waals surface area contributed by atoms with Crippen LogP contribution in [0.15, 0.2) is 0 Å². The van der Waals surface area contributed by atoms with Crippen LogP contribution >= 0.6 is 12.2 Å². The van der Waals surface area contributed by atoms with E-state index in [0.717, 1.165) is 19.6 Å². The third-order valence-corrected chi connectivity index (χ3v) is 2.86. The SMILES string of the molecule is CCCN1CC(n2c(N)n[nH]c2=S)C1. The minimum absolute atomic E-state index is 0.410. The molecular formula is C8H15N5S. The molecule has 1 fully saturated rings. The highest BCUT2D eigenvalue weighted by Gasteiger charge is 2.29. The Morgan fingerprint density at radius 2 is 2.36 bits per heavy atom. The number of nitrogens with zero attached hydrogens (tertiary/aromatic N) is 3. The molecule has 0 aromatic carbocycles. The summed E-state index contributed by atoms with van der Waals surface area (Å²) in [5.74, 6) is 0.496. The van der Waals surface area contributed by atoms with Crippen molar-refractivity contribution in [2.45, 2.75) is 19.4 Å². The van der Waals surface area contributed by atoms with Gasteiger partial charge in [0.2, 0.25) is 5.95 Å². The molecule has 0 radical (unpaired) electrons. The molecule has 1 saturated heterocycles. The second-order valence-corrected chi connectivity index (χ2v) is 4.06. The monoisotopic (exact) mass is 213 g/mol. The molecule has 2 heterocycles. The van der Waals surface area contributed by atoms with Gasteiger partial charge in [-0.3, -0.25) is 9.47 Å². The first-order chi connectivity index (χ1) is 6.72. The third-order valence-electron chi connectivity index (χ3n) is 2.57. The summed E-state index contributed by atoms with van der Waals surface area (Å²) in [5.41, 5.74) is 5.71. The number of hydrogen-bond donors (Lipinski definition) is 2. The number of aromatic amines is 1. The summed E-state index contributed by atoms with van der Waals surface area (Å²) >= 11 is 5.10. The van der Waals surface area contributed by atoms with Gasteiger partial charge >= 0.3 is 0 Å². The molecule has 1 aromatic rings. The number of H-pyrrole nitrogens is 1. The van der Waals surface area contributed by atoms with E-state index >= 15 is 0 Å². The van der Waals surface area contributed by atoms with E-state index in [2.05, 4.69) is 22.0 Å². The zero-order valence-electron chi connectivity index (χ0n) is 8.23. The van der Waals surface area contributed by atoms with Crippen molar-refractivity contribution < 1.29 is 0 Å². The highest BCUT2D eigenvalue weighted by molar-refractivity contribution is 7.71. The first-order valence-electron chi connectivity index (χ1n) is 4.87. The fraction of sp³-hybridized carbons (Fsp3) is 0.750. The summed E-state index contributed by atoms with van der Waals surface area (Å²) in [4.78, 5) is 2.39. The van der Waals surface area contributed by atoms with Crippen molar-refractivity contribution in [1.29, 1.82) is 0 Å². The van der Waals surface area contributed by atoms with Crippen LogP contribution in [0, 0.1) is 4.77 Å². The topological polar surface area (TPSA) is 62.9 Å². The fourth-order valence-electron chi connectivity index (χ4n) is 1.87. The van der Waals surface area contributed by atoms with E-state index in [1.54, 1.807) is 0 Å². The fourth-order valence-corrected chi connectivity index (χ4v) is 2.16. The molecule has 1 aliphatic rings. The van der Waals surface area contributed by atoms with Gasteiger partial charge in [0, 0.05) is 13.1 Å². The normalized spacial score (nSPS) is 18.4. The molecule has 0 unspecified atom stereocenters. The largest absolute Gasteiger partial charge is 0.368 e. The number of nitrogen functional groups attached to an aromatic ring is 1. The van der Waals surface area contributed by atoms with Gasteiger partial charge in [0.15, 0.2) is 4.77 Å². The average Bonchev–Trinajstić information content (AvgIpc) is 2.40. The number of anilines is 1. The quantitative estimate of drug-likeness (QED) is 0.729. The van der Waals surface area contributed by atoms with Gasteiger partial charge in [0.1, 0.15) is 0 Å². The first kappa shape index (κ1) is 9.67. The van der Waals surface area contributed by atoms with Crippen LogP contribution in [-0.2, 0) is 0 Å². The number of aromatic nitrogens is 3. The maximum atomic E-state index is 5.71. The standard InChI is InChI=1S/C8H15N5S/c1-2-3-12-4-6(5-12)13-7(9)10-11-8(13)14/h6H,2-5H2,1H3,(H2,9,10)(H,11,14). The van der Waals surface area contributed by atoms with Crippen molar-refractivity contribution in [3.63, 3.8) is 0 Å². The van der Waals surface area contributed by atoms with E-state index in [-0.39, 0.29) is 0 Å². The third kappa shape index (κ3) is 1.55. The minimum Gasteiger partial charge on any atom is -0.368 e. The van der Waals surface area contributed by atoms with Crippen LogP contribution < -0.4 is 5.73 Å². The van der Waals surface area contributed by atoms with Crippen LogP contribution in [0.1, 0.15) is 19.4 Å². The summed E-state index contributed by atoms with van der Waals surface area (Å²) in [7, 11) is 0. The zero-order chi connectivity index (χ0) is 10.1. The average molecular weight is 213 g/mol. The van der Waals surface area contributed by atoms with Gasteiger partial charge < -0.3 is 5.73 Å².